The predicted molar refractivity (Wildman–Crippen MR) is 51.5 cm³/mol. The van der Waals surface area contributed by atoms with Gasteiger partial charge in [0.15, 0.2) is 0 Å². The van der Waals surface area contributed by atoms with Crippen LogP contribution in [0.3, 0.4) is 0 Å². The molecule has 0 N–H and O–H groups in total. The van der Waals surface area contributed by atoms with Crippen LogP contribution in [-0.2, 0) is 0 Å². The minimum atomic E-state index is -2.71. The molecule has 5 heteroatoms. The van der Waals surface area contributed by atoms with Gasteiger partial charge in [-0.15, -0.1) is 6.42 Å². The zero-order valence-electron chi connectivity index (χ0n) is 7.91. The van der Waals surface area contributed by atoms with E-state index in [0.717, 1.165) is 5.56 Å². The summed E-state index contributed by atoms with van der Waals surface area (Å²) < 4.78 is 25.8. The molecular formula is C10H7F2N3. The van der Waals surface area contributed by atoms with Crippen LogP contribution in [-0.4, -0.2) is 14.8 Å². The minimum Gasteiger partial charge on any atom is -0.262 e. The largest absolute Gasteiger partial charge is 0.333 e. The Labute approximate surface area is 84.7 Å². The van der Waals surface area contributed by atoms with Crippen molar-refractivity contribution in [3.05, 3.63) is 23.7 Å². The number of nitrogens with zero attached hydrogens (tertiary/aromatic N) is 3. The molecule has 3 nitrogen and oxygen atoms in total. The summed E-state index contributed by atoms with van der Waals surface area (Å²) in [5.41, 5.74) is 1.23. The molecule has 2 rings (SSSR count). The van der Waals surface area contributed by atoms with Crippen LogP contribution >= 0.6 is 0 Å². The van der Waals surface area contributed by atoms with Crippen molar-refractivity contribution in [2.24, 2.45) is 0 Å². The van der Waals surface area contributed by atoms with Crippen molar-refractivity contribution in [2.45, 2.75) is 13.5 Å². The van der Waals surface area contributed by atoms with E-state index >= 15 is 0 Å². The molecule has 0 bridgehead atoms. The maximum Gasteiger partial charge on any atom is 0.333 e. The Morgan fingerprint density at radius 1 is 1.47 bits per heavy atom. The average Bonchev–Trinajstić information content (AvgIpc) is 2.58. The number of hydrogen-bond acceptors (Lipinski definition) is 2. The van der Waals surface area contributed by atoms with Gasteiger partial charge in [-0.3, -0.25) is 4.98 Å². The van der Waals surface area contributed by atoms with Crippen LogP contribution in [0.15, 0.2) is 12.4 Å². The Morgan fingerprint density at radius 3 is 2.80 bits per heavy atom. The molecular weight excluding hydrogens is 200 g/mol. The average molecular weight is 207 g/mol. The van der Waals surface area contributed by atoms with Gasteiger partial charge < -0.3 is 0 Å². The number of halogens is 2. The number of fused-ring (bicyclic) bond motifs is 1. The Bertz CT molecular complexity index is 552. The molecule has 15 heavy (non-hydrogen) atoms. The predicted octanol–water partition coefficient (Wildman–Crippen LogP) is 2.12. The first-order valence-electron chi connectivity index (χ1n) is 4.22. The summed E-state index contributed by atoms with van der Waals surface area (Å²) in [5, 5.41) is 4.22. The minimum absolute atomic E-state index is 0.227. The third-order valence-corrected chi connectivity index (χ3v) is 2.13. The molecule has 0 saturated heterocycles. The first kappa shape index (κ1) is 9.59. The van der Waals surface area contributed by atoms with Crippen LogP contribution in [0, 0.1) is 19.3 Å². The molecule has 0 aliphatic rings. The van der Waals surface area contributed by atoms with E-state index in [4.69, 9.17) is 6.42 Å². The van der Waals surface area contributed by atoms with Gasteiger partial charge in [-0.2, -0.15) is 13.9 Å². The summed E-state index contributed by atoms with van der Waals surface area (Å²) >= 11 is 0. The van der Waals surface area contributed by atoms with Crippen LogP contribution in [0.4, 0.5) is 8.78 Å². The van der Waals surface area contributed by atoms with E-state index in [1.807, 2.05) is 0 Å². The number of alkyl halides is 2. The SMILES string of the molecule is C#Cc1nn(C(F)F)c2cncc(C)c12. The van der Waals surface area contributed by atoms with Gasteiger partial charge in [0, 0.05) is 11.6 Å². The summed E-state index contributed by atoms with van der Waals surface area (Å²) in [5.74, 6) is 2.29. The summed E-state index contributed by atoms with van der Waals surface area (Å²) in [6.07, 6.45) is 8.11. The van der Waals surface area contributed by atoms with Crippen LogP contribution < -0.4 is 0 Å². The first-order valence-corrected chi connectivity index (χ1v) is 4.22. The highest BCUT2D eigenvalue weighted by Crippen LogP contribution is 2.24. The number of pyridine rings is 1. The zero-order valence-corrected chi connectivity index (χ0v) is 7.91. The number of terminal acetylenes is 1. The smallest absolute Gasteiger partial charge is 0.262 e. The van der Waals surface area contributed by atoms with Crippen molar-refractivity contribution in [1.82, 2.24) is 14.8 Å². The molecule has 0 atom stereocenters. The van der Waals surface area contributed by atoms with Crippen molar-refractivity contribution >= 4 is 10.9 Å². The van der Waals surface area contributed by atoms with Gasteiger partial charge in [-0.25, -0.2) is 4.68 Å². The Hall–Kier alpha value is -1.96. The van der Waals surface area contributed by atoms with Gasteiger partial charge in [0.2, 0.25) is 0 Å². The van der Waals surface area contributed by atoms with Crippen LogP contribution in [0.5, 0.6) is 0 Å². The number of aromatic nitrogens is 3. The third-order valence-electron chi connectivity index (χ3n) is 2.13. The molecule has 76 valence electrons. The van der Waals surface area contributed by atoms with Crippen LogP contribution in [0.1, 0.15) is 17.8 Å². The second-order valence-corrected chi connectivity index (χ2v) is 3.07. The van der Waals surface area contributed by atoms with Gasteiger partial charge in [-0.1, -0.05) is 0 Å². The van der Waals surface area contributed by atoms with Gasteiger partial charge >= 0.3 is 6.55 Å². The van der Waals surface area contributed by atoms with Crippen molar-refractivity contribution in [2.75, 3.05) is 0 Å². The first-order chi connectivity index (χ1) is 7.15. The lowest BCUT2D eigenvalue weighted by Gasteiger charge is -1.99. The molecule has 0 radical (unpaired) electrons. The molecule has 2 aromatic rings. The molecule has 0 unspecified atom stereocenters. The molecule has 0 aliphatic carbocycles. The van der Waals surface area contributed by atoms with Gasteiger partial charge in [-0.05, 0) is 18.4 Å². The lowest BCUT2D eigenvalue weighted by Crippen LogP contribution is -2.00. The topological polar surface area (TPSA) is 30.7 Å². The van der Waals surface area contributed by atoms with E-state index in [9.17, 15) is 8.78 Å². The number of hydrogen-bond donors (Lipinski definition) is 0. The monoisotopic (exact) mass is 207 g/mol. The molecule has 0 spiro atoms. The van der Waals surface area contributed by atoms with E-state index in [-0.39, 0.29) is 11.2 Å². The van der Waals surface area contributed by atoms with E-state index < -0.39 is 6.55 Å². The standard InChI is InChI=1S/C10H7F2N3/c1-3-7-9-6(2)4-13-5-8(9)15(14-7)10(11)12/h1,4-5,10H,2H3. The van der Waals surface area contributed by atoms with Crippen LogP contribution in [0.25, 0.3) is 10.9 Å². The summed E-state index contributed by atoms with van der Waals surface area (Å²) in [4.78, 5) is 3.84. The summed E-state index contributed by atoms with van der Waals surface area (Å²) in [7, 11) is 0. The highest BCUT2D eigenvalue weighted by atomic mass is 19.3. The quantitative estimate of drug-likeness (QED) is 0.670. The van der Waals surface area contributed by atoms with Gasteiger partial charge in [0.25, 0.3) is 0 Å². The Balaban J connectivity index is 2.89. The molecule has 0 fully saturated rings. The van der Waals surface area contributed by atoms with E-state index in [1.165, 1.54) is 6.20 Å². The Kier molecular flexibility index (Phi) is 2.12. The fraction of sp³-hybridized carbons (Fsp3) is 0.200. The fourth-order valence-corrected chi connectivity index (χ4v) is 1.49. The second kappa shape index (κ2) is 3.31. The van der Waals surface area contributed by atoms with Crippen molar-refractivity contribution in [1.29, 1.82) is 0 Å². The molecule has 0 aliphatic heterocycles. The van der Waals surface area contributed by atoms with E-state index in [0.29, 0.717) is 10.1 Å². The fourth-order valence-electron chi connectivity index (χ4n) is 1.49. The highest BCUT2D eigenvalue weighted by molar-refractivity contribution is 5.86. The Morgan fingerprint density at radius 2 is 2.20 bits per heavy atom. The normalized spacial score (nSPS) is 10.9. The van der Waals surface area contributed by atoms with Crippen molar-refractivity contribution < 1.29 is 8.78 Å². The van der Waals surface area contributed by atoms with E-state index in [1.54, 1.807) is 13.1 Å². The van der Waals surface area contributed by atoms with Gasteiger partial charge in [0.05, 0.1) is 11.7 Å². The number of aryl methyl sites for hydroxylation is 1. The molecule has 2 heterocycles. The molecule has 2 aromatic heterocycles. The second-order valence-electron chi connectivity index (χ2n) is 3.07. The lowest BCUT2D eigenvalue weighted by atomic mass is 10.1. The number of rotatable bonds is 1. The summed E-state index contributed by atoms with van der Waals surface area (Å²) in [6, 6.07) is 0. The lowest BCUT2D eigenvalue weighted by molar-refractivity contribution is 0.0613. The summed E-state index contributed by atoms with van der Waals surface area (Å²) in [6.45, 7) is -0.952. The van der Waals surface area contributed by atoms with Gasteiger partial charge in [0.1, 0.15) is 5.69 Å². The highest BCUT2D eigenvalue weighted by Gasteiger charge is 2.16. The maximum atomic E-state index is 12.6. The van der Waals surface area contributed by atoms with Crippen molar-refractivity contribution in [3.8, 4) is 12.3 Å². The molecule has 0 aromatic carbocycles. The zero-order chi connectivity index (χ0) is 11.0. The third kappa shape index (κ3) is 1.34. The van der Waals surface area contributed by atoms with Crippen LogP contribution in [0.2, 0.25) is 0 Å². The maximum absolute atomic E-state index is 12.6. The van der Waals surface area contributed by atoms with Crippen molar-refractivity contribution in [3.63, 3.8) is 0 Å². The molecule has 0 saturated carbocycles. The van der Waals surface area contributed by atoms with E-state index in [2.05, 4.69) is 16.0 Å². The molecule has 0 amide bonds.